The van der Waals surface area contributed by atoms with Crippen LogP contribution in [0.25, 0.3) is 0 Å². The zero-order chi connectivity index (χ0) is 19.7. The van der Waals surface area contributed by atoms with Gasteiger partial charge in [-0.25, -0.2) is 0 Å². The molecule has 1 saturated carbocycles. The van der Waals surface area contributed by atoms with Crippen molar-refractivity contribution >= 4 is 31.9 Å². The summed E-state index contributed by atoms with van der Waals surface area (Å²) in [6.45, 7) is 0. The number of halogens is 2. The van der Waals surface area contributed by atoms with Gasteiger partial charge in [0.2, 0.25) is 0 Å². The fourth-order valence-corrected chi connectivity index (χ4v) is 5.38. The summed E-state index contributed by atoms with van der Waals surface area (Å²) in [6.07, 6.45) is 4.96. The predicted octanol–water partition coefficient (Wildman–Crippen LogP) is 5.52. The minimum absolute atomic E-state index is 0.0787. The van der Waals surface area contributed by atoms with Crippen molar-refractivity contribution in [3.8, 4) is 11.5 Å². The van der Waals surface area contributed by atoms with Gasteiger partial charge in [0.05, 0.1) is 26.3 Å². The Labute approximate surface area is 183 Å². The molecule has 4 rings (SSSR count). The molecule has 0 radical (unpaired) electrons. The third kappa shape index (κ3) is 3.97. The molecule has 1 aliphatic heterocycles. The first-order valence-corrected chi connectivity index (χ1v) is 11.4. The summed E-state index contributed by atoms with van der Waals surface area (Å²) in [5, 5.41) is 7.92. The number of fused-ring (bicyclic) bond motifs is 1. The summed E-state index contributed by atoms with van der Waals surface area (Å²) >= 11 is 7.28. The molecular formula is C22H26Br2N2O2. The van der Waals surface area contributed by atoms with Gasteiger partial charge in [-0.05, 0) is 49.2 Å². The van der Waals surface area contributed by atoms with Crippen LogP contribution in [0.3, 0.4) is 0 Å². The van der Waals surface area contributed by atoms with Crippen LogP contribution in [0.5, 0.6) is 11.5 Å². The first-order chi connectivity index (χ1) is 13.6. The highest BCUT2D eigenvalue weighted by atomic mass is 79.9. The van der Waals surface area contributed by atoms with E-state index in [1.807, 2.05) is 24.3 Å². The smallest absolute Gasteiger partial charge is 0.123 e. The van der Waals surface area contributed by atoms with Gasteiger partial charge >= 0.3 is 0 Å². The third-order valence-corrected chi connectivity index (χ3v) is 6.93. The maximum Gasteiger partial charge on any atom is 0.123 e. The van der Waals surface area contributed by atoms with Crippen molar-refractivity contribution in [1.29, 1.82) is 0 Å². The van der Waals surface area contributed by atoms with Gasteiger partial charge in [0.1, 0.15) is 11.5 Å². The zero-order valence-corrected chi connectivity index (χ0v) is 19.3. The van der Waals surface area contributed by atoms with E-state index in [0.29, 0.717) is 12.1 Å². The molecule has 2 aromatic rings. The first kappa shape index (κ1) is 20.2. The largest absolute Gasteiger partial charge is 0.496 e. The van der Waals surface area contributed by atoms with E-state index in [9.17, 15) is 0 Å². The number of ether oxygens (including phenoxy) is 2. The van der Waals surface area contributed by atoms with Crippen molar-refractivity contribution < 1.29 is 9.47 Å². The highest BCUT2D eigenvalue weighted by molar-refractivity contribution is 9.10. The second-order valence-electron chi connectivity index (χ2n) is 7.56. The van der Waals surface area contributed by atoms with Gasteiger partial charge in [-0.15, -0.1) is 0 Å². The number of nitrogens with one attached hydrogen (secondary N) is 2. The molecule has 0 bridgehead atoms. The van der Waals surface area contributed by atoms with Gasteiger partial charge in [-0.2, -0.15) is 0 Å². The van der Waals surface area contributed by atoms with Crippen LogP contribution in [-0.4, -0.2) is 26.3 Å². The molecule has 4 nitrogen and oxygen atoms in total. The second kappa shape index (κ2) is 8.74. The van der Waals surface area contributed by atoms with Crippen molar-refractivity contribution in [2.75, 3.05) is 14.2 Å². The maximum absolute atomic E-state index is 5.72. The number of rotatable bonds is 4. The molecule has 6 heteroatoms. The SMILES string of the molecule is COc1ccc(Br)cc1[C@@H]1N[C@@H]2CCCC[C@H]2N[C@H]1c1cc(Br)ccc1OC. The second-order valence-corrected chi connectivity index (χ2v) is 9.39. The van der Waals surface area contributed by atoms with Gasteiger partial charge in [0.25, 0.3) is 0 Å². The van der Waals surface area contributed by atoms with E-state index in [0.717, 1.165) is 31.6 Å². The Morgan fingerprint density at radius 3 is 1.57 bits per heavy atom. The van der Waals surface area contributed by atoms with E-state index in [2.05, 4.69) is 54.6 Å². The summed E-state index contributed by atoms with van der Waals surface area (Å²) in [4.78, 5) is 0. The van der Waals surface area contributed by atoms with Gasteiger partial charge in [0, 0.05) is 32.2 Å². The van der Waals surface area contributed by atoms with Gasteiger partial charge < -0.3 is 20.1 Å². The van der Waals surface area contributed by atoms with E-state index < -0.39 is 0 Å². The summed E-state index contributed by atoms with van der Waals surface area (Å²) in [7, 11) is 3.47. The topological polar surface area (TPSA) is 42.5 Å². The lowest BCUT2D eigenvalue weighted by molar-refractivity contribution is 0.165. The molecule has 4 atom stereocenters. The van der Waals surface area contributed by atoms with Crippen LogP contribution in [0.2, 0.25) is 0 Å². The number of methoxy groups -OCH3 is 2. The van der Waals surface area contributed by atoms with Crippen molar-refractivity contribution in [3.05, 3.63) is 56.5 Å². The molecule has 1 saturated heterocycles. The van der Waals surface area contributed by atoms with Crippen LogP contribution in [-0.2, 0) is 0 Å². The number of benzene rings is 2. The standard InChI is InChI=1S/C22H26Br2N2O2/c1-27-19-9-7-13(23)11-15(19)21-22(16-12-14(24)8-10-20(16)28-2)26-18-6-4-3-5-17(18)25-21/h7-12,17-18,21-22,25-26H,3-6H2,1-2H3/t17-,18-,21+,22+/m1/s1. The highest BCUT2D eigenvalue weighted by Gasteiger charge is 2.40. The molecule has 0 aromatic heterocycles. The zero-order valence-electron chi connectivity index (χ0n) is 16.2. The highest BCUT2D eigenvalue weighted by Crippen LogP contribution is 2.43. The predicted molar refractivity (Wildman–Crippen MR) is 119 cm³/mol. The normalized spacial score (nSPS) is 27.1. The fourth-order valence-electron chi connectivity index (χ4n) is 4.62. The van der Waals surface area contributed by atoms with Gasteiger partial charge in [-0.3, -0.25) is 0 Å². The average Bonchev–Trinajstić information content (AvgIpc) is 2.72. The van der Waals surface area contributed by atoms with Gasteiger partial charge in [0.15, 0.2) is 0 Å². The molecule has 150 valence electrons. The van der Waals surface area contributed by atoms with Crippen molar-refractivity contribution in [2.24, 2.45) is 0 Å². The van der Waals surface area contributed by atoms with E-state index >= 15 is 0 Å². The maximum atomic E-state index is 5.72. The Morgan fingerprint density at radius 1 is 0.750 bits per heavy atom. The lowest BCUT2D eigenvalue weighted by Gasteiger charge is -2.46. The summed E-state index contributed by atoms with van der Waals surface area (Å²) < 4.78 is 13.6. The fraction of sp³-hybridized carbons (Fsp3) is 0.455. The Morgan fingerprint density at radius 2 is 1.18 bits per heavy atom. The summed E-state index contributed by atoms with van der Waals surface area (Å²) in [6, 6.07) is 13.5. The molecule has 2 aromatic carbocycles. The van der Waals surface area contributed by atoms with E-state index in [1.165, 1.54) is 25.7 Å². The van der Waals surface area contributed by atoms with Crippen LogP contribution < -0.4 is 20.1 Å². The number of hydrogen-bond donors (Lipinski definition) is 2. The van der Waals surface area contributed by atoms with Crippen LogP contribution in [0.1, 0.15) is 48.9 Å². The first-order valence-electron chi connectivity index (χ1n) is 9.79. The molecule has 2 N–H and O–H groups in total. The Kier molecular flexibility index (Phi) is 6.30. The number of piperazine rings is 1. The van der Waals surface area contributed by atoms with Crippen LogP contribution in [0, 0.1) is 0 Å². The van der Waals surface area contributed by atoms with Crippen molar-refractivity contribution in [2.45, 2.75) is 49.9 Å². The van der Waals surface area contributed by atoms with E-state index in [1.54, 1.807) is 14.2 Å². The average molecular weight is 510 g/mol. The third-order valence-electron chi connectivity index (χ3n) is 5.94. The molecule has 2 fully saturated rings. The van der Waals surface area contributed by atoms with Crippen LogP contribution >= 0.6 is 31.9 Å². The van der Waals surface area contributed by atoms with E-state index in [-0.39, 0.29) is 12.1 Å². The quantitative estimate of drug-likeness (QED) is 0.569. The summed E-state index contributed by atoms with van der Waals surface area (Å²) in [5.74, 6) is 1.80. The lowest BCUT2D eigenvalue weighted by atomic mass is 9.81. The Hall–Kier alpha value is -1.08. The monoisotopic (exact) mass is 508 g/mol. The molecular weight excluding hydrogens is 484 g/mol. The van der Waals surface area contributed by atoms with E-state index in [4.69, 9.17) is 9.47 Å². The number of hydrogen-bond acceptors (Lipinski definition) is 4. The molecule has 28 heavy (non-hydrogen) atoms. The molecule has 0 amide bonds. The molecule has 0 spiro atoms. The molecule has 0 unspecified atom stereocenters. The molecule has 1 heterocycles. The minimum atomic E-state index is 0.0787. The molecule has 1 aliphatic carbocycles. The lowest BCUT2D eigenvalue weighted by Crippen LogP contribution is -2.59. The van der Waals surface area contributed by atoms with Crippen LogP contribution in [0.15, 0.2) is 45.3 Å². The Bertz CT molecular complexity index is 776. The molecule has 2 aliphatic rings. The van der Waals surface area contributed by atoms with Crippen molar-refractivity contribution in [1.82, 2.24) is 10.6 Å². The summed E-state index contributed by atoms with van der Waals surface area (Å²) in [5.41, 5.74) is 2.31. The van der Waals surface area contributed by atoms with Crippen molar-refractivity contribution in [3.63, 3.8) is 0 Å². The Balaban J connectivity index is 1.81. The van der Waals surface area contributed by atoms with Crippen LogP contribution in [0.4, 0.5) is 0 Å². The minimum Gasteiger partial charge on any atom is -0.496 e. The van der Waals surface area contributed by atoms with Gasteiger partial charge in [-0.1, -0.05) is 44.7 Å².